The topological polar surface area (TPSA) is 66.0 Å². The van der Waals surface area contributed by atoms with Crippen molar-refractivity contribution in [1.82, 2.24) is 4.98 Å². The second-order valence-corrected chi connectivity index (χ2v) is 3.96. The van der Waals surface area contributed by atoms with Crippen molar-refractivity contribution in [3.05, 3.63) is 23.4 Å². The standard InChI is InChI=1S/C10H15ClN4/c1-7(5-9(12)13)15(2)10-4-3-8(11)6-14-10/h3-4,6-7H,5H2,1-2H3,(H3,12,13). The Kier molecular flexibility index (Phi) is 3.91. The summed E-state index contributed by atoms with van der Waals surface area (Å²) >= 11 is 5.75. The summed E-state index contributed by atoms with van der Waals surface area (Å²) in [4.78, 5) is 6.16. The van der Waals surface area contributed by atoms with Crippen molar-refractivity contribution in [3.8, 4) is 0 Å². The van der Waals surface area contributed by atoms with Crippen LogP contribution in [-0.2, 0) is 0 Å². The third kappa shape index (κ3) is 3.40. The monoisotopic (exact) mass is 226 g/mol. The smallest absolute Gasteiger partial charge is 0.128 e. The van der Waals surface area contributed by atoms with Crippen LogP contribution in [0.4, 0.5) is 5.82 Å². The quantitative estimate of drug-likeness (QED) is 0.609. The number of aromatic nitrogens is 1. The van der Waals surface area contributed by atoms with Gasteiger partial charge in [-0.2, -0.15) is 0 Å². The Hall–Kier alpha value is -1.29. The van der Waals surface area contributed by atoms with Gasteiger partial charge in [0.25, 0.3) is 0 Å². The van der Waals surface area contributed by atoms with Gasteiger partial charge in [-0.15, -0.1) is 0 Å². The van der Waals surface area contributed by atoms with E-state index in [0.717, 1.165) is 5.82 Å². The van der Waals surface area contributed by atoms with E-state index in [2.05, 4.69) is 4.98 Å². The molecule has 3 N–H and O–H groups in total. The molecule has 1 heterocycles. The highest BCUT2D eigenvalue weighted by atomic mass is 35.5. The van der Waals surface area contributed by atoms with E-state index >= 15 is 0 Å². The molecule has 5 heteroatoms. The largest absolute Gasteiger partial charge is 0.388 e. The van der Waals surface area contributed by atoms with E-state index in [1.165, 1.54) is 0 Å². The maximum Gasteiger partial charge on any atom is 0.128 e. The number of pyridine rings is 1. The van der Waals surface area contributed by atoms with Gasteiger partial charge in [-0.25, -0.2) is 4.98 Å². The van der Waals surface area contributed by atoms with Gasteiger partial charge in [-0.3, -0.25) is 5.41 Å². The first-order valence-electron chi connectivity index (χ1n) is 4.68. The van der Waals surface area contributed by atoms with Gasteiger partial charge in [-0.05, 0) is 19.1 Å². The van der Waals surface area contributed by atoms with Gasteiger partial charge >= 0.3 is 0 Å². The zero-order valence-corrected chi connectivity index (χ0v) is 9.62. The van der Waals surface area contributed by atoms with Crippen LogP contribution in [0.2, 0.25) is 5.02 Å². The molecule has 1 atom stereocenters. The number of nitrogens with one attached hydrogen (secondary N) is 1. The molecule has 1 aromatic heterocycles. The molecular formula is C10H15ClN4. The molecule has 1 rings (SSSR count). The molecule has 0 bridgehead atoms. The maximum absolute atomic E-state index is 7.22. The summed E-state index contributed by atoms with van der Waals surface area (Å²) in [5.41, 5.74) is 5.35. The molecule has 0 aliphatic carbocycles. The van der Waals surface area contributed by atoms with Crippen LogP contribution in [0.3, 0.4) is 0 Å². The molecule has 82 valence electrons. The molecule has 0 aliphatic rings. The van der Waals surface area contributed by atoms with Crippen molar-refractivity contribution >= 4 is 23.3 Å². The lowest BCUT2D eigenvalue weighted by Gasteiger charge is -2.25. The highest BCUT2D eigenvalue weighted by Crippen LogP contribution is 2.15. The predicted molar refractivity (Wildman–Crippen MR) is 63.6 cm³/mol. The van der Waals surface area contributed by atoms with Crippen LogP contribution in [0.5, 0.6) is 0 Å². The average Bonchev–Trinajstić information content (AvgIpc) is 2.17. The van der Waals surface area contributed by atoms with Gasteiger partial charge in [0.15, 0.2) is 0 Å². The summed E-state index contributed by atoms with van der Waals surface area (Å²) < 4.78 is 0. The number of nitrogens with zero attached hydrogens (tertiary/aromatic N) is 2. The minimum absolute atomic E-state index is 0.149. The van der Waals surface area contributed by atoms with Gasteiger partial charge in [0.1, 0.15) is 5.82 Å². The van der Waals surface area contributed by atoms with Crippen molar-refractivity contribution in [2.45, 2.75) is 19.4 Å². The molecular weight excluding hydrogens is 212 g/mol. The first-order valence-corrected chi connectivity index (χ1v) is 5.05. The van der Waals surface area contributed by atoms with Gasteiger partial charge in [0, 0.05) is 25.7 Å². The lowest BCUT2D eigenvalue weighted by molar-refractivity contribution is 0.700. The van der Waals surface area contributed by atoms with E-state index in [0.29, 0.717) is 11.4 Å². The maximum atomic E-state index is 7.22. The van der Waals surface area contributed by atoms with Crippen LogP contribution < -0.4 is 10.6 Å². The van der Waals surface area contributed by atoms with Gasteiger partial charge in [-0.1, -0.05) is 11.6 Å². The Morgan fingerprint density at radius 1 is 1.67 bits per heavy atom. The molecule has 0 amide bonds. The van der Waals surface area contributed by atoms with Crippen LogP contribution in [0.25, 0.3) is 0 Å². The Morgan fingerprint density at radius 2 is 2.33 bits per heavy atom. The van der Waals surface area contributed by atoms with Gasteiger partial charge < -0.3 is 10.6 Å². The third-order valence-electron chi connectivity index (χ3n) is 2.25. The molecule has 4 nitrogen and oxygen atoms in total. The average molecular weight is 227 g/mol. The molecule has 15 heavy (non-hydrogen) atoms. The van der Waals surface area contributed by atoms with Crippen LogP contribution in [0.15, 0.2) is 18.3 Å². The Balaban J connectivity index is 2.71. The summed E-state index contributed by atoms with van der Waals surface area (Å²) in [5.74, 6) is 1.01. The third-order valence-corrected chi connectivity index (χ3v) is 2.47. The second-order valence-electron chi connectivity index (χ2n) is 3.52. The van der Waals surface area contributed by atoms with E-state index in [-0.39, 0.29) is 11.9 Å². The number of nitrogens with two attached hydrogens (primary N) is 1. The molecule has 0 saturated heterocycles. The number of halogens is 1. The highest BCUT2D eigenvalue weighted by molar-refractivity contribution is 6.30. The van der Waals surface area contributed by atoms with Gasteiger partial charge in [0.2, 0.25) is 0 Å². The van der Waals surface area contributed by atoms with Crippen molar-refractivity contribution in [2.24, 2.45) is 5.73 Å². The number of hydrogen-bond acceptors (Lipinski definition) is 3. The molecule has 0 aliphatic heterocycles. The van der Waals surface area contributed by atoms with E-state index in [1.54, 1.807) is 12.3 Å². The second kappa shape index (κ2) is 4.98. The SMILES string of the molecule is CC(CC(=N)N)N(C)c1ccc(Cl)cn1. The minimum Gasteiger partial charge on any atom is -0.388 e. The summed E-state index contributed by atoms with van der Waals surface area (Å²) in [6.45, 7) is 2.00. The highest BCUT2D eigenvalue weighted by Gasteiger charge is 2.11. The molecule has 0 radical (unpaired) electrons. The minimum atomic E-state index is 0.149. The molecule has 0 aromatic carbocycles. The fourth-order valence-corrected chi connectivity index (χ4v) is 1.37. The lowest BCUT2D eigenvalue weighted by atomic mass is 10.2. The summed E-state index contributed by atoms with van der Waals surface area (Å²) in [6.07, 6.45) is 2.13. The van der Waals surface area contributed by atoms with E-state index < -0.39 is 0 Å². The van der Waals surface area contributed by atoms with E-state index in [4.69, 9.17) is 22.7 Å². The lowest BCUT2D eigenvalue weighted by Crippen LogP contribution is -2.33. The molecule has 0 saturated carbocycles. The Labute approximate surface area is 94.6 Å². The first kappa shape index (κ1) is 11.8. The van der Waals surface area contributed by atoms with Crippen molar-refractivity contribution in [3.63, 3.8) is 0 Å². The fourth-order valence-electron chi connectivity index (χ4n) is 1.26. The Morgan fingerprint density at radius 3 is 2.80 bits per heavy atom. The number of amidine groups is 1. The van der Waals surface area contributed by atoms with Crippen molar-refractivity contribution < 1.29 is 0 Å². The van der Waals surface area contributed by atoms with Gasteiger partial charge in [0.05, 0.1) is 10.9 Å². The van der Waals surface area contributed by atoms with E-state index in [9.17, 15) is 0 Å². The van der Waals surface area contributed by atoms with Crippen LogP contribution in [0.1, 0.15) is 13.3 Å². The normalized spacial score (nSPS) is 12.2. The molecule has 0 spiro atoms. The van der Waals surface area contributed by atoms with Crippen molar-refractivity contribution in [1.29, 1.82) is 5.41 Å². The zero-order chi connectivity index (χ0) is 11.4. The first-order chi connectivity index (χ1) is 7.00. The summed E-state index contributed by atoms with van der Waals surface area (Å²) in [7, 11) is 1.92. The fraction of sp³-hybridized carbons (Fsp3) is 0.400. The molecule has 0 fully saturated rings. The van der Waals surface area contributed by atoms with Crippen molar-refractivity contribution in [2.75, 3.05) is 11.9 Å². The summed E-state index contributed by atoms with van der Waals surface area (Å²) in [5, 5.41) is 7.84. The molecule has 1 aromatic rings. The van der Waals surface area contributed by atoms with E-state index in [1.807, 2.05) is 24.9 Å². The summed E-state index contributed by atoms with van der Waals surface area (Å²) in [6, 6.07) is 3.79. The Bertz CT molecular complexity index is 336. The predicted octanol–water partition coefficient (Wildman–Crippen LogP) is 1.89. The number of anilines is 1. The number of hydrogen-bond donors (Lipinski definition) is 2. The molecule has 1 unspecified atom stereocenters. The number of rotatable bonds is 4. The van der Waals surface area contributed by atoms with Crippen LogP contribution in [0, 0.1) is 5.41 Å². The zero-order valence-electron chi connectivity index (χ0n) is 8.87. The van der Waals surface area contributed by atoms with Crippen LogP contribution >= 0.6 is 11.6 Å². The van der Waals surface area contributed by atoms with Crippen LogP contribution in [-0.4, -0.2) is 23.9 Å².